The molecule has 4 heteroatoms. The van der Waals surface area contributed by atoms with Crippen molar-refractivity contribution in [2.75, 3.05) is 7.05 Å². The number of aliphatic imine (C=N–C) groups is 1. The molecule has 5 unspecified atom stereocenters. The van der Waals surface area contributed by atoms with Crippen LogP contribution in [0.4, 0.5) is 5.69 Å². The van der Waals surface area contributed by atoms with Crippen molar-refractivity contribution in [3.05, 3.63) is 30.5 Å². The maximum Gasteiger partial charge on any atom is 0.202 e. The van der Waals surface area contributed by atoms with E-state index < -0.39 is 0 Å². The summed E-state index contributed by atoms with van der Waals surface area (Å²) in [7, 11) is 2.24. The van der Waals surface area contributed by atoms with Crippen molar-refractivity contribution in [1.82, 2.24) is 9.88 Å². The Morgan fingerprint density at radius 3 is 3.08 bits per heavy atom. The molecule has 3 bridgehead atoms. The molecule has 3 heterocycles. The average molecular weight is 319 g/mol. The summed E-state index contributed by atoms with van der Waals surface area (Å²) in [6.45, 7) is 0. The number of piperidine rings is 1. The van der Waals surface area contributed by atoms with E-state index in [4.69, 9.17) is 9.73 Å². The summed E-state index contributed by atoms with van der Waals surface area (Å²) in [6.07, 6.45) is 9.29. The fraction of sp³-hybridized carbons (Fsp3) is 0.500. The Hall–Kier alpha value is -1.94. The molecule has 2 saturated carbocycles. The van der Waals surface area contributed by atoms with Crippen molar-refractivity contribution in [3.63, 3.8) is 0 Å². The average Bonchev–Trinajstić information content (AvgIpc) is 2.90. The number of fused-ring (bicyclic) bond motifs is 6. The van der Waals surface area contributed by atoms with Crippen LogP contribution in [0.3, 0.4) is 0 Å². The van der Waals surface area contributed by atoms with Crippen molar-refractivity contribution in [1.29, 1.82) is 0 Å². The number of likely N-dealkylation sites (tertiary alicyclic amines) is 1. The minimum Gasteiger partial charge on any atom is -0.465 e. The van der Waals surface area contributed by atoms with Crippen molar-refractivity contribution in [2.24, 2.45) is 22.7 Å². The van der Waals surface area contributed by atoms with E-state index in [1.807, 2.05) is 12.3 Å². The monoisotopic (exact) mass is 319 g/mol. The molecule has 1 saturated heterocycles. The molecule has 1 aromatic heterocycles. The van der Waals surface area contributed by atoms with Crippen molar-refractivity contribution in [3.8, 4) is 5.75 Å². The van der Waals surface area contributed by atoms with Gasteiger partial charge in [-0.2, -0.15) is 0 Å². The van der Waals surface area contributed by atoms with E-state index in [9.17, 15) is 0 Å². The van der Waals surface area contributed by atoms with Gasteiger partial charge in [-0.05, 0) is 68.8 Å². The molecule has 0 radical (unpaired) electrons. The lowest BCUT2D eigenvalue weighted by Crippen LogP contribution is -2.65. The first-order valence-electron chi connectivity index (χ1n) is 9.09. The molecule has 6 rings (SSSR count). The number of hydrogen-bond acceptors (Lipinski definition) is 4. The molecule has 4 aliphatic rings. The van der Waals surface area contributed by atoms with Crippen LogP contribution in [-0.4, -0.2) is 34.9 Å². The predicted molar refractivity (Wildman–Crippen MR) is 93.7 cm³/mol. The summed E-state index contributed by atoms with van der Waals surface area (Å²) in [4.78, 5) is 11.8. The lowest BCUT2D eigenvalue weighted by Gasteiger charge is -2.53. The highest BCUT2D eigenvalue weighted by Gasteiger charge is 2.61. The molecule has 4 nitrogen and oxygen atoms in total. The largest absolute Gasteiger partial charge is 0.465 e. The van der Waals surface area contributed by atoms with Crippen LogP contribution in [0, 0.1) is 17.8 Å². The zero-order valence-corrected chi connectivity index (χ0v) is 13.9. The molecule has 3 fully saturated rings. The van der Waals surface area contributed by atoms with Gasteiger partial charge in [0.05, 0.1) is 11.7 Å². The third-order valence-corrected chi connectivity index (χ3v) is 6.97. The topological polar surface area (TPSA) is 37.7 Å². The summed E-state index contributed by atoms with van der Waals surface area (Å²) < 4.78 is 6.74. The first-order valence-corrected chi connectivity index (χ1v) is 9.09. The van der Waals surface area contributed by atoms with E-state index >= 15 is 0 Å². The van der Waals surface area contributed by atoms with Gasteiger partial charge in [-0.3, -0.25) is 14.9 Å². The molecule has 2 aliphatic heterocycles. The van der Waals surface area contributed by atoms with Gasteiger partial charge in [0, 0.05) is 23.5 Å². The van der Waals surface area contributed by atoms with Crippen molar-refractivity contribution in [2.45, 2.75) is 37.5 Å². The number of ether oxygens (including phenoxy) is 1. The highest BCUT2D eigenvalue weighted by molar-refractivity contribution is 5.96. The number of aromatic nitrogens is 1. The maximum atomic E-state index is 6.74. The number of hydrogen-bond donors (Lipinski definition) is 0. The molecule has 1 aromatic carbocycles. The summed E-state index contributed by atoms with van der Waals surface area (Å²) >= 11 is 0. The Balaban J connectivity index is 1.52. The molecule has 0 N–H and O–H groups in total. The van der Waals surface area contributed by atoms with Crippen LogP contribution in [0.25, 0.3) is 10.9 Å². The first-order chi connectivity index (χ1) is 11.7. The molecular formula is C20H21N3O. The number of nitrogens with zero attached hydrogens (tertiary/aromatic N) is 3. The SMILES string of the molecule is CN1C2CC3CC(C2)C(C3)C12C=Nc1c(ccc3ncccc13)O2. The van der Waals surface area contributed by atoms with Gasteiger partial charge in [-0.1, -0.05) is 0 Å². The number of rotatable bonds is 0. The molecule has 2 aromatic rings. The fourth-order valence-corrected chi connectivity index (χ4v) is 5.92. The summed E-state index contributed by atoms with van der Waals surface area (Å²) in [5.41, 5.74) is 1.57. The smallest absolute Gasteiger partial charge is 0.202 e. The summed E-state index contributed by atoms with van der Waals surface area (Å²) in [6, 6.07) is 8.80. The number of pyridine rings is 1. The molecule has 0 amide bonds. The van der Waals surface area contributed by atoms with Crippen molar-refractivity contribution < 1.29 is 4.74 Å². The van der Waals surface area contributed by atoms with Gasteiger partial charge in [0.25, 0.3) is 0 Å². The quantitative estimate of drug-likeness (QED) is 0.742. The van der Waals surface area contributed by atoms with E-state index in [1.54, 1.807) is 0 Å². The highest BCUT2D eigenvalue weighted by Crippen LogP contribution is 2.58. The molecule has 122 valence electrons. The molecule has 1 spiro atoms. The zero-order chi connectivity index (χ0) is 15.9. The maximum absolute atomic E-state index is 6.74. The van der Waals surface area contributed by atoms with Crippen LogP contribution < -0.4 is 4.74 Å². The normalized spacial score (nSPS) is 39.4. The Morgan fingerprint density at radius 1 is 1.17 bits per heavy atom. The second-order valence-corrected chi connectivity index (χ2v) is 8.03. The summed E-state index contributed by atoms with van der Waals surface area (Å²) in [5, 5.41) is 1.08. The second-order valence-electron chi connectivity index (χ2n) is 8.03. The van der Waals surface area contributed by atoms with Gasteiger partial charge in [-0.15, -0.1) is 0 Å². The molecular weight excluding hydrogens is 298 g/mol. The summed E-state index contributed by atoms with van der Waals surface area (Å²) in [5.74, 6) is 3.18. The lowest BCUT2D eigenvalue weighted by atomic mass is 9.74. The van der Waals surface area contributed by atoms with Crippen LogP contribution in [0.5, 0.6) is 5.75 Å². The minimum absolute atomic E-state index is 0.346. The minimum atomic E-state index is -0.346. The molecule has 24 heavy (non-hydrogen) atoms. The van der Waals surface area contributed by atoms with Crippen molar-refractivity contribution >= 4 is 22.8 Å². The fourth-order valence-electron chi connectivity index (χ4n) is 5.92. The lowest BCUT2D eigenvalue weighted by molar-refractivity contribution is -0.121. The second kappa shape index (κ2) is 4.37. The number of benzene rings is 1. The van der Waals surface area contributed by atoms with Gasteiger partial charge in [-0.25, -0.2) is 0 Å². The van der Waals surface area contributed by atoms with Crippen LogP contribution in [0.1, 0.15) is 25.7 Å². The highest BCUT2D eigenvalue weighted by atomic mass is 16.5. The van der Waals surface area contributed by atoms with E-state index in [0.717, 1.165) is 34.2 Å². The van der Waals surface area contributed by atoms with Crippen LogP contribution >= 0.6 is 0 Å². The van der Waals surface area contributed by atoms with Gasteiger partial charge >= 0.3 is 0 Å². The van der Waals surface area contributed by atoms with Crippen LogP contribution in [-0.2, 0) is 0 Å². The molecule has 5 atom stereocenters. The zero-order valence-electron chi connectivity index (χ0n) is 13.9. The van der Waals surface area contributed by atoms with E-state index in [1.165, 1.54) is 25.7 Å². The Labute approximate surface area is 141 Å². The van der Waals surface area contributed by atoms with Gasteiger partial charge in [0.2, 0.25) is 5.72 Å². The van der Waals surface area contributed by atoms with E-state index in [-0.39, 0.29) is 5.72 Å². The predicted octanol–water partition coefficient (Wildman–Crippen LogP) is 3.78. The third-order valence-electron chi connectivity index (χ3n) is 6.97. The Bertz CT molecular complexity index is 876. The van der Waals surface area contributed by atoms with E-state index in [2.05, 4.69) is 41.3 Å². The van der Waals surface area contributed by atoms with Gasteiger partial charge in [0.1, 0.15) is 11.4 Å². The third kappa shape index (κ3) is 1.53. The standard InChI is InChI=1S/C20H21N3O/c1-23-14-8-12-7-13(10-14)16(9-12)20(23)11-22-19-15-3-2-6-21-17(15)4-5-18(19)24-20/h2-6,11-14,16H,7-10H2,1H3. The van der Waals surface area contributed by atoms with Crippen LogP contribution in [0.2, 0.25) is 0 Å². The first kappa shape index (κ1) is 13.4. The van der Waals surface area contributed by atoms with Gasteiger partial charge < -0.3 is 4.74 Å². The Morgan fingerprint density at radius 2 is 2.12 bits per heavy atom. The van der Waals surface area contributed by atoms with E-state index in [0.29, 0.717) is 12.0 Å². The van der Waals surface area contributed by atoms with Gasteiger partial charge in [0.15, 0.2) is 0 Å². The van der Waals surface area contributed by atoms with Crippen LogP contribution in [0.15, 0.2) is 35.5 Å². The molecule has 2 aliphatic carbocycles. The Kier molecular flexibility index (Phi) is 2.43.